The molecule has 0 bridgehead atoms. The van der Waals surface area contributed by atoms with Gasteiger partial charge < -0.3 is 4.52 Å². The van der Waals surface area contributed by atoms with Crippen LogP contribution in [0.15, 0.2) is 22.7 Å². The minimum absolute atomic E-state index is 0.462. The van der Waals surface area contributed by atoms with Crippen LogP contribution in [0.4, 0.5) is 0 Å². The molecule has 17 heavy (non-hydrogen) atoms. The van der Waals surface area contributed by atoms with E-state index >= 15 is 0 Å². The molecule has 0 saturated heterocycles. The molecule has 2 aromatic rings. The van der Waals surface area contributed by atoms with Crippen LogP contribution in [-0.4, -0.2) is 16.0 Å². The maximum atomic E-state index is 6.06. The number of hydrogen-bond acceptors (Lipinski definition) is 3. The Morgan fingerprint density at radius 3 is 2.76 bits per heavy atom. The highest BCUT2D eigenvalue weighted by atomic mass is 35.5. The molecule has 0 atom stereocenters. The van der Waals surface area contributed by atoms with Crippen molar-refractivity contribution in [2.75, 3.05) is 5.88 Å². The van der Waals surface area contributed by atoms with Crippen molar-refractivity contribution in [3.05, 3.63) is 45.5 Å². The Bertz CT molecular complexity index is 513. The standard InChI is InChI=1S/C11H9Cl3N2O/c12-4-3-11-15-10(16-17-11)5-7-1-2-8(13)6-9(7)14/h1-2,6H,3-5H2. The van der Waals surface area contributed by atoms with Gasteiger partial charge in [-0.05, 0) is 17.7 Å². The number of halogens is 3. The molecule has 0 unspecified atom stereocenters. The molecular formula is C11H9Cl3N2O. The Morgan fingerprint density at radius 1 is 1.24 bits per heavy atom. The summed E-state index contributed by atoms with van der Waals surface area (Å²) >= 11 is 17.5. The molecule has 90 valence electrons. The first-order chi connectivity index (χ1) is 8.19. The second-order valence-corrected chi connectivity index (χ2v) is 4.68. The average Bonchev–Trinajstić information content (AvgIpc) is 2.71. The van der Waals surface area contributed by atoms with Crippen LogP contribution in [-0.2, 0) is 12.8 Å². The molecule has 2 rings (SSSR count). The lowest BCUT2D eigenvalue weighted by Crippen LogP contribution is -1.93. The van der Waals surface area contributed by atoms with E-state index in [2.05, 4.69) is 10.1 Å². The average molecular weight is 292 g/mol. The van der Waals surface area contributed by atoms with Crippen LogP contribution >= 0.6 is 34.8 Å². The van der Waals surface area contributed by atoms with Crippen molar-refractivity contribution < 1.29 is 4.52 Å². The molecule has 1 heterocycles. The van der Waals surface area contributed by atoms with Crippen molar-refractivity contribution in [1.29, 1.82) is 0 Å². The van der Waals surface area contributed by atoms with Crippen LogP contribution in [0.5, 0.6) is 0 Å². The predicted molar refractivity (Wildman–Crippen MR) is 68.0 cm³/mol. The summed E-state index contributed by atoms with van der Waals surface area (Å²) in [5, 5.41) is 5.06. The summed E-state index contributed by atoms with van der Waals surface area (Å²) in [5.74, 6) is 1.60. The molecule has 0 amide bonds. The van der Waals surface area contributed by atoms with E-state index in [1.807, 2.05) is 6.07 Å². The lowest BCUT2D eigenvalue weighted by atomic mass is 10.1. The van der Waals surface area contributed by atoms with Gasteiger partial charge in [-0.3, -0.25) is 0 Å². The molecule has 3 nitrogen and oxygen atoms in total. The van der Waals surface area contributed by atoms with Crippen LogP contribution in [0.3, 0.4) is 0 Å². The highest BCUT2D eigenvalue weighted by molar-refractivity contribution is 6.35. The van der Waals surface area contributed by atoms with Gasteiger partial charge in [0.2, 0.25) is 5.89 Å². The van der Waals surface area contributed by atoms with Crippen molar-refractivity contribution in [1.82, 2.24) is 10.1 Å². The third-order valence-electron chi connectivity index (χ3n) is 2.18. The summed E-state index contributed by atoms with van der Waals surface area (Å²) in [7, 11) is 0. The van der Waals surface area contributed by atoms with Crippen molar-refractivity contribution in [3.8, 4) is 0 Å². The van der Waals surface area contributed by atoms with Gasteiger partial charge in [0.05, 0.1) is 0 Å². The summed E-state index contributed by atoms with van der Waals surface area (Å²) in [6.45, 7) is 0. The zero-order valence-electron chi connectivity index (χ0n) is 8.79. The molecule has 1 aromatic heterocycles. The third-order valence-corrected chi connectivity index (χ3v) is 2.96. The second kappa shape index (κ2) is 5.71. The fourth-order valence-electron chi connectivity index (χ4n) is 1.38. The zero-order chi connectivity index (χ0) is 12.3. The van der Waals surface area contributed by atoms with E-state index in [0.717, 1.165) is 5.56 Å². The molecule has 0 aliphatic heterocycles. The number of alkyl halides is 1. The SMILES string of the molecule is ClCCc1nc(Cc2ccc(Cl)cc2Cl)no1. The third kappa shape index (κ3) is 3.35. The summed E-state index contributed by atoms with van der Waals surface area (Å²) in [6, 6.07) is 5.32. The van der Waals surface area contributed by atoms with Gasteiger partial charge in [0.25, 0.3) is 0 Å². The zero-order valence-corrected chi connectivity index (χ0v) is 11.1. The largest absolute Gasteiger partial charge is 0.339 e. The first-order valence-corrected chi connectivity index (χ1v) is 6.29. The topological polar surface area (TPSA) is 38.9 Å². The molecule has 0 N–H and O–H groups in total. The molecule has 1 aromatic carbocycles. The molecule has 0 spiro atoms. The van der Waals surface area contributed by atoms with Crippen LogP contribution in [0, 0.1) is 0 Å². The summed E-state index contributed by atoms with van der Waals surface area (Å²) in [5.41, 5.74) is 0.911. The Kier molecular flexibility index (Phi) is 4.26. The van der Waals surface area contributed by atoms with Crippen LogP contribution in [0.25, 0.3) is 0 Å². The Morgan fingerprint density at radius 2 is 2.06 bits per heavy atom. The molecule has 6 heteroatoms. The Balaban J connectivity index is 2.13. The summed E-state index contributed by atoms with van der Waals surface area (Å²) in [4.78, 5) is 4.20. The van der Waals surface area contributed by atoms with Gasteiger partial charge in [-0.25, -0.2) is 0 Å². The lowest BCUT2D eigenvalue weighted by molar-refractivity contribution is 0.378. The fourth-order valence-corrected chi connectivity index (χ4v) is 2.02. The predicted octanol–water partition coefficient (Wildman–Crippen LogP) is 3.75. The van der Waals surface area contributed by atoms with Crippen LogP contribution in [0.1, 0.15) is 17.3 Å². The minimum atomic E-state index is 0.462. The Hall–Kier alpha value is -0.770. The maximum Gasteiger partial charge on any atom is 0.227 e. The number of hydrogen-bond donors (Lipinski definition) is 0. The van der Waals surface area contributed by atoms with E-state index in [-0.39, 0.29) is 0 Å². The highest BCUT2D eigenvalue weighted by Gasteiger charge is 2.09. The quantitative estimate of drug-likeness (QED) is 0.805. The number of aromatic nitrogens is 2. The first kappa shape index (κ1) is 12.7. The lowest BCUT2D eigenvalue weighted by Gasteiger charge is -2.00. The van der Waals surface area contributed by atoms with Gasteiger partial charge in [-0.2, -0.15) is 4.98 Å². The van der Waals surface area contributed by atoms with Gasteiger partial charge >= 0.3 is 0 Å². The molecule has 0 radical (unpaired) electrons. The number of aryl methyl sites for hydroxylation is 1. The summed E-state index contributed by atoms with van der Waals surface area (Å²) in [6.07, 6.45) is 1.09. The molecule has 0 saturated carbocycles. The first-order valence-electron chi connectivity index (χ1n) is 5.00. The van der Waals surface area contributed by atoms with Gasteiger partial charge in [0.1, 0.15) is 0 Å². The van der Waals surface area contributed by atoms with Gasteiger partial charge in [0, 0.05) is 28.8 Å². The Labute approximate surface area is 114 Å². The van der Waals surface area contributed by atoms with Gasteiger partial charge in [-0.1, -0.05) is 34.4 Å². The molecular weight excluding hydrogens is 282 g/mol. The van der Waals surface area contributed by atoms with Crippen LogP contribution < -0.4 is 0 Å². The van der Waals surface area contributed by atoms with Crippen molar-refractivity contribution in [2.45, 2.75) is 12.8 Å². The normalized spacial score (nSPS) is 10.8. The highest BCUT2D eigenvalue weighted by Crippen LogP contribution is 2.22. The van der Waals surface area contributed by atoms with Crippen LogP contribution in [0.2, 0.25) is 10.0 Å². The van der Waals surface area contributed by atoms with E-state index < -0.39 is 0 Å². The summed E-state index contributed by atoms with van der Waals surface area (Å²) < 4.78 is 5.03. The number of benzene rings is 1. The van der Waals surface area contributed by atoms with E-state index in [9.17, 15) is 0 Å². The maximum absolute atomic E-state index is 6.06. The smallest absolute Gasteiger partial charge is 0.227 e. The van der Waals surface area contributed by atoms with E-state index in [4.69, 9.17) is 39.3 Å². The molecule has 0 aliphatic rings. The number of rotatable bonds is 4. The van der Waals surface area contributed by atoms with Crippen molar-refractivity contribution in [2.24, 2.45) is 0 Å². The molecule has 0 aliphatic carbocycles. The van der Waals surface area contributed by atoms with Gasteiger partial charge in [0.15, 0.2) is 5.82 Å². The number of nitrogens with zero attached hydrogens (tertiary/aromatic N) is 2. The fraction of sp³-hybridized carbons (Fsp3) is 0.273. The second-order valence-electron chi connectivity index (χ2n) is 3.46. The van der Waals surface area contributed by atoms with Crippen molar-refractivity contribution in [3.63, 3.8) is 0 Å². The molecule has 0 fully saturated rings. The van der Waals surface area contributed by atoms with Gasteiger partial charge in [-0.15, -0.1) is 11.6 Å². The minimum Gasteiger partial charge on any atom is -0.339 e. The van der Waals surface area contributed by atoms with E-state index in [1.54, 1.807) is 12.1 Å². The monoisotopic (exact) mass is 290 g/mol. The van der Waals surface area contributed by atoms with E-state index in [0.29, 0.717) is 40.5 Å². The van der Waals surface area contributed by atoms with Crippen molar-refractivity contribution >= 4 is 34.8 Å². The van der Waals surface area contributed by atoms with E-state index in [1.165, 1.54) is 0 Å².